The summed E-state index contributed by atoms with van der Waals surface area (Å²) in [6.07, 6.45) is -3.04. The van der Waals surface area contributed by atoms with Crippen LogP contribution in [0.3, 0.4) is 0 Å². The molecule has 0 aliphatic heterocycles. The number of rotatable bonds is 4. The molecule has 1 N–H and O–H groups in total. The molecule has 128 valence electrons. The van der Waals surface area contributed by atoms with Gasteiger partial charge >= 0.3 is 6.18 Å². The second-order valence-electron chi connectivity index (χ2n) is 5.01. The maximum absolute atomic E-state index is 12.9. The number of anilines is 1. The van der Waals surface area contributed by atoms with E-state index >= 15 is 0 Å². The number of alkyl halides is 3. The minimum atomic E-state index is -4.38. The molecule has 0 radical (unpaired) electrons. The highest BCUT2D eigenvalue weighted by atomic mass is 127. The first-order chi connectivity index (χ1) is 11.9. The van der Waals surface area contributed by atoms with Crippen molar-refractivity contribution in [2.45, 2.75) is 6.18 Å². The zero-order chi connectivity index (χ0) is 17.9. The van der Waals surface area contributed by atoms with Crippen molar-refractivity contribution in [1.82, 2.24) is 4.98 Å². The van der Waals surface area contributed by atoms with Gasteiger partial charge in [0.2, 0.25) is 5.13 Å². The van der Waals surface area contributed by atoms with E-state index in [4.69, 9.17) is 0 Å². The van der Waals surface area contributed by atoms with Crippen LogP contribution in [0.15, 0.2) is 59.0 Å². The highest BCUT2D eigenvalue weighted by molar-refractivity contribution is 14.1. The average Bonchev–Trinajstić information content (AvgIpc) is 3.05. The molecule has 0 fully saturated rings. The molecule has 3 rings (SSSR count). The molecule has 1 aromatic heterocycles. The normalized spacial score (nSPS) is 11.8. The lowest BCUT2D eigenvalue weighted by atomic mass is 10.1. The van der Waals surface area contributed by atoms with E-state index in [0.717, 1.165) is 17.3 Å². The minimum absolute atomic E-state index is 0.155. The number of nitrogens with one attached hydrogen (secondary N) is 1. The van der Waals surface area contributed by atoms with Crippen LogP contribution in [0.4, 0.5) is 18.3 Å². The van der Waals surface area contributed by atoms with E-state index in [9.17, 15) is 13.2 Å². The van der Waals surface area contributed by atoms with E-state index in [1.807, 2.05) is 35.7 Å². The zero-order valence-electron chi connectivity index (χ0n) is 12.6. The Morgan fingerprint density at radius 1 is 1.12 bits per heavy atom. The quantitative estimate of drug-likeness (QED) is 0.292. The van der Waals surface area contributed by atoms with Crippen LogP contribution < -0.4 is 5.43 Å². The number of hydrogen-bond donors (Lipinski definition) is 1. The Bertz CT molecular complexity index is 892. The van der Waals surface area contributed by atoms with Crippen molar-refractivity contribution >= 4 is 45.3 Å². The monoisotopic (exact) mass is 473 g/mol. The number of halogens is 4. The summed E-state index contributed by atoms with van der Waals surface area (Å²) in [5.41, 5.74) is 4.25. The predicted molar refractivity (Wildman–Crippen MR) is 103 cm³/mol. The first kappa shape index (κ1) is 17.9. The molecule has 0 saturated heterocycles. The standard InChI is InChI=1S/C17H11F3IN3S/c18-17(19,20)13-8-11(6-7-14(13)21)9-22-24-16-23-15(10-25-16)12-4-2-1-3-5-12/h1-10H,(H,23,24). The SMILES string of the molecule is FC(F)(F)c1cc(C=NNc2nc(-c3ccccc3)cs2)ccc1I. The summed E-state index contributed by atoms with van der Waals surface area (Å²) in [6.45, 7) is 0. The smallest absolute Gasteiger partial charge is 0.253 e. The van der Waals surface area contributed by atoms with E-state index in [1.165, 1.54) is 23.6 Å². The number of hydrogen-bond acceptors (Lipinski definition) is 4. The molecule has 0 unspecified atom stereocenters. The van der Waals surface area contributed by atoms with Crippen LogP contribution in [-0.4, -0.2) is 11.2 Å². The molecule has 0 saturated carbocycles. The number of aromatic nitrogens is 1. The Hall–Kier alpha value is -1.94. The molecule has 0 aliphatic carbocycles. The Morgan fingerprint density at radius 3 is 2.60 bits per heavy atom. The Balaban J connectivity index is 1.71. The first-order valence-electron chi connectivity index (χ1n) is 7.10. The van der Waals surface area contributed by atoms with E-state index < -0.39 is 11.7 Å². The van der Waals surface area contributed by atoms with Crippen molar-refractivity contribution < 1.29 is 13.2 Å². The summed E-state index contributed by atoms with van der Waals surface area (Å²) < 4.78 is 38.9. The number of benzene rings is 2. The summed E-state index contributed by atoms with van der Waals surface area (Å²) >= 11 is 3.04. The molecule has 0 bridgehead atoms. The van der Waals surface area contributed by atoms with Gasteiger partial charge in [-0.1, -0.05) is 36.4 Å². The Kier molecular flexibility index (Phi) is 5.38. The van der Waals surface area contributed by atoms with E-state index in [1.54, 1.807) is 28.7 Å². The van der Waals surface area contributed by atoms with Crippen molar-refractivity contribution in [2.24, 2.45) is 5.10 Å². The van der Waals surface area contributed by atoms with Gasteiger partial charge in [0.1, 0.15) is 0 Å². The van der Waals surface area contributed by atoms with Crippen LogP contribution in [0.25, 0.3) is 11.3 Å². The lowest BCUT2D eigenvalue weighted by molar-refractivity contribution is -0.138. The van der Waals surface area contributed by atoms with Crippen LogP contribution >= 0.6 is 33.9 Å². The predicted octanol–water partition coefficient (Wildman–Crippen LogP) is 5.88. The first-order valence-corrected chi connectivity index (χ1v) is 9.06. The molecule has 3 nitrogen and oxygen atoms in total. The average molecular weight is 473 g/mol. The molecular formula is C17H11F3IN3S. The number of thiazole rings is 1. The summed E-state index contributed by atoms with van der Waals surface area (Å²) in [5, 5.41) is 6.43. The third kappa shape index (κ3) is 4.57. The third-order valence-corrected chi connectivity index (χ3v) is 4.93. The van der Waals surface area contributed by atoms with Gasteiger partial charge in [-0.25, -0.2) is 4.98 Å². The summed E-state index contributed by atoms with van der Waals surface area (Å²) in [6, 6.07) is 13.8. The van der Waals surface area contributed by atoms with Gasteiger partial charge < -0.3 is 0 Å². The number of nitrogens with zero attached hydrogens (tertiary/aromatic N) is 2. The maximum atomic E-state index is 12.9. The maximum Gasteiger partial charge on any atom is 0.417 e. The van der Waals surface area contributed by atoms with Gasteiger partial charge in [0.05, 0.1) is 17.5 Å². The fourth-order valence-electron chi connectivity index (χ4n) is 2.07. The highest BCUT2D eigenvalue weighted by Gasteiger charge is 2.32. The second-order valence-corrected chi connectivity index (χ2v) is 7.03. The van der Waals surface area contributed by atoms with Crippen molar-refractivity contribution in [3.63, 3.8) is 0 Å². The van der Waals surface area contributed by atoms with Crippen LogP contribution in [0.2, 0.25) is 0 Å². The summed E-state index contributed by atoms with van der Waals surface area (Å²) in [4.78, 5) is 4.40. The van der Waals surface area contributed by atoms with E-state index in [-0.39, 0.29) is 3.57 Å². The second kappa shape index (κ2) is 7.52. The van der Waals surface area contributed by atoms with Crippen LogP contribution in [0, 0.1) is 3.57 Å². The van der Waals surface area contributed by atoms with Crippen molar-refractivity contribution in [3.8, 4) is 11.3 Å². The van der Waals surface area contributed by atoms with Gasteiger partial charge in [-0.05, 0) is 40.3 Å². The lowest BCUT2D eigenvalue weighted by Gasteiger charge is -2.09. The molecule has 0 atom stereocenters. The van der Waals surface area contributed by atoms with Crippen molar-refractivity contribution in [3.05, 3.63) is 68.6 Å². The molecule has 8 heteroatoms. The minimum Gasteiger partial charge on any atom is -0.253 e. The molecule has 25 heavy (non-hydrogen) atoms. The molecular weight excluding hydrogens is 462 g/mol. The molecule has 3 aromatic rings. The van der Waals surface area contributed by atoms with Gasteiger partial charge in [0, 0.05) is 14.5 Å². The van der Waals surface area contributed by atoms with Gasteiger partial charge in [-0.15, -0.1) is 11.3 Å². The van der Waals surface area contributed by atoms with Crippen LogP contribution in [0.5, 0.6) is 0 Å². The lowest BCUT2D eigenvalue weighted by Crippen LogP contribution is -2.08. The molecule has 0 spiro atoms. The fraction of sp³-hybridized carbons (Fsp3) is 0.0588. The third-order valence-electron chi connectivity index (χ3n) is 3.24. The van der Waals surface area contributed by atoms with Gasteiger partial charge in [0.25, 0.3) is 0 Å². The van der Waals surface area contributed by atoms with Crippen LogP contribution in [0.1, 0.15) is 11.1 Å². The molecule has 2 aromatic carbocycles. The number of hydrazone groups is 1. The van der Waals surface area contributed by atoms with E-state index in [0.29, 0.717) is 10.7 Å². The summed E-state index contributed by atoms with van der Waals surface area (Å²) in [5.74, 6) is 0. The molecule has 0 amide bonds. The topological polar surface area (TPSA) is 37.3 Å². The van der Waals surface area contributed by atoms with Gasteiger partial charge in [-0.3, -0.25) is 5.43 Å². The van der Waals surface area contributed by atoms with E-state index in [2.05, 4.69) is 15.5 Å². The molecule has 0 aliphatic rings. The molecule has 1 heterocycles. The largest absolute Gasteiger partial charge is 0.417 e. The van der Waals surface area contributed by atoms with Gasteiger partial charge in [-0.2, -0.15) is 18.3 Å². The summed E-state index contributed by atoms with van der Waals surface area (Å²) in [7, 11) is 0. The Morgan fingerprint density at radius 2 is 1.88 bits per heavy atom. The van der Waals surface area contributed by atoms with Crippen LogP contribution in [-0.2, 0) is 6.18 Å². The Labute approximate surface area is 159 Å². The fourth-order valence-corrected chi connectivity index (χ4v) is 3.38. The van der Waals surface area contributed by atoms with Crippen molar-refractivity contribution in [1.29, 1.82) is 0 Å². The highest BCUT2D eigenvalue weighted by Crippen LogP contribution is 2.33. The zero-order valence-corrected chi connectivity index (χ0v) is 15.6. The van der Waals surface area contributed by atoms with Gasteiger partial charge in [0.15, 0.2) is 0 Å². The van der Waals surface area contributed by atoms with Crippen molar-refractivity contribution in [2.75, 3.05) is 5.43 Å².